The van der Waals surface area contributed by atoms with Crippen molar-refractivity contribution in [3.05, 3.63) is 42.1 Å². The van der Waals surface area contributed by atoms with Gasteiger partial charge in [-0.2, -0.15) is 5.10 Å². The molecule has 1 atom stereocenters. The van der Waals surface area contributed by atoms with Crippen LogP contribution >= 0.6 is 0 Å². The Kier molecular flexibility index (Phi) is 2.60. The summed E-state index contributed by atoms with van der Waals surface area (Å²) in [5, 5.41) is 4.14. The summed E-state index contributed by atoms with van der Waals surface area (Å²) in [5.41, 5.74) is 7.37. The summed E-state index contributed by atoms with van der Waals surface area (Å²) in [6, 6.07) is 6.10. The van der Waals surface area contributed by atoms with E-state index in [-0.39, 0.29) is 11.9 Å². The van der Waals surface area contributed by atoms with Crippen LogP contribution in [0.3, 0.4) is 0 Å². The molecule has 5 nitrogen and oxygen atoms in total. The van der Waals surface area contributed by atoms with E-state index in [1.807, 2.05) is 24.6 Å². The molecule has 3 rings (SSSR count). The molecule has 3 aromatic rings. The van der Waals surface area contributed by atoms with Crippen LogP contribution in [0.1, 0.15) is 18.8 Å². The van der Waals surface area contributed by atoms with Gasteiger partial charge in [-0.1, -0.05) is 0 Å². The van der Waals surface area contributed by atoms with Crippen molar-refractivity contribution in [2.75, 3.05) is 0 Å². The van der Waals surface area contributed by atoms with E-state index in [1.165, 1.54) is 12.1 Å². The number of hydrogen-bond acceptors (Lipinski definition) is 3. The number of fused-ring (bicyclic) bond motifs is 1. The Balaban J connectivity index is 2.40. The van der Waals surface area contributed by atoms with Crippen molar-refractivity contribution >= 4 is 11.0 Å². The molecule has 0 bridgehead atoms. The van der Waals surface area contributed by atoms with E-state index in [9.17, 15) is 4.39 Å². The van der Waals surface area contributed by atoms with E-state index in [0.717, 1.165) is 11.3 Å². The number of aryl methyl sites for hydroxylation is 1. The molecule has 6 heteroatoms. The zero-order valence-electron chi connectivity index (χ0n) is 10.7. The molecule has 2 N–H and O–H groups in total. The third-order valence-corrected chi connectivity index (χ3v) is 3.07. The van der Waals surface area contributed by atoms with E-state index >= 15 is 0 Å². The Bertz CT molecular complexity index is 741. The molecular weight excluding hydrogens is 245 g/mol. The lowest BCUT2D eigenvalue weighted by atomic mass is 10.3. The van der Waals surface area contributed by atoms with Crippen molar-refractivity contribution in [2.45, 2.75) is 13.0 Å². The average Bonchev–Trinajstić information content (AvgIpc) is 2.92. The molecule has 0 aliphatic carbocycles. The normalized spacial score (nSPS) is 13.1. The molecule has 2 aromatic heterocycles. The molecule has 0 spiro atoms. The second kappa shape index (κ2) is 4.17. The number of aromatic nitrogens is 4. The standard InChI is InChI=1S/C13H14FN5/c1-8(15)13-17-10-4-3-9(14)7-11(10)19(13)12-5-6-16-18(12)2/h3-8H,15H2,1-2H3. The van der Waals surface area contributed by atoms with Crippen LogP contribution in [0.25, 0.3) is 16.9 Å². The van der Waals surface area contributed by atoms with Crippen LogP contribution in [-0.4, -0.2) is 19.3 Å². The molecule has 98 valence electrons. The monoisotopic (exact) mass is 259 g/mol. The molecule has 0 aliphatic rings. The largest absolute Gasteiger partial charge is 0.322 e. The first kappa shape index (κ1) is 11.9. The van der Waals surface area contributed by atoms with Crippen LogP contribution in [-0.2, 0) is 7.05 Å². The Labute approximate surface area is 109 Å². The van der Waals surface area contributed by atoms with E-state index in [4.69, 9.17) is 5.73 Å². The molecule has 0 fully saturated rings. The van der Waals surface area contributed by atoms with Crippen molar-refractivity contribution in [1.29, 1.82) is 0 Å². The Morgan fingerprint density at radius 1 is 1.32 bits per heavy atom. The lowest BCUT2D eigenvalue weighted by Crippen LogP contribution is -2.14. The van der Waals surface area contributed by atoms with Gasteiger partial charge < -0.3 is 5.73 Å². The van der Waals surface area contributed by atoms with Gasteiger partial charge in [-0.25, -0.2) is 9.37 Å². The summed E-state index contributed by atoms with van der Waals surface area (Å²) in [6.45, 7) is 1.85. The Morgan fingerprint density at radius 2 is 2.11 bits per heavy atom. The number of nitrogens with two attached hydrogens (primary N) is 1. The van der Waals surface area contributed by atoms with Gasteiger partial charge in [0.15, 0.2) is 0 Å². The van der Waals surface area contributed by atoms with Crippen LogP contribution in [0.5, 0.6) is 0 Å². The number of hydrogen-bond donors (Lipinski definition) is 1. The van der Waals surface area contributed by atoms with Gasteiger partial charge in [0.25, 0.3) is 0 Å². The summed E-state index contributed by atoms with van der Waals surface area (Å²) in [4.78, 5) is 4.48. The number of nitrogens with zero attached hydrogens (tertiary/aromatic N) is 4. The summed E-state index contributed by atoms with van der Waals surface area (Å²) in [5.74, 6) is 1.19. The quantitative estimate of drug-likeness (QED) is 0.764. The molecule has 0 aliphatic heterocycles. The van der Waals surface area contributed by atoms with Gasteiger partial charge in [-0.3, -0.25) is 9.25 Å². The third kappa shape index (κ3) is 1.80. The van der Waals surface area contributed by atoms with E-state index in [2.05, 4.69) is 10.1 Å². The number of benzene rings is 1. The predicted molar refractivity (Wildman–Crippen MR) is 70.4 cm³/mol. The number of imidazole rings is 1. The molecule has 1 aromatic carbocycles. The lowest BCUT2D eigenvalue weighted by molar-refractivity contribution is 0.628. The molecule has 19 heavy (non-hydrogen) atoms. The Morgan fingerprint density at radius 3 is 2.74 bits per heavy atom. The second-order valence-corrected chi connectivity index (χ2v) is 4.54. The van der Waals surface area contributed by atoms with Crippen molar-refractivity contribution < 1.29 is 4.39 Å². The molecule has 0 amide bonds. The number of halogens is 1. The minimum atomic E-state index is -0.299. The highest BCUT2D eigenvalue weighted by molar-refractivity contribution is 5.78. The van der Waals surface area contributed by atoms with Crippen molar-refractivity contribution in [1.82, 2.24) is 19.3 Å². The second-order valence-electron chi connectivity index (χ2n) is 4.54. The fourth-order valence-corrected chi connectivity index (χ4v) is 2.20. The van der Waals surface area contributed by atoms with Gasteiger partial charge in [0.1, 0.15) is 17.5 Å². The lowest BCUT2D eigenvalue weighted by Gasteiger charge is -2.11. The third-order valence-electron chi connectivity index (χ3n) is 3.07. The van der Waals surface area contributed by atoms with E-state index < -0.39 is 0 Å². The number of rotatable bonds is 2. The van der Waals surface area contributed by atoms with E-state index in [1.54, 1.807) is 16.9 Å². The highest BCUT2D eigenvalue weighted by Gasteiger charge is 2.17. The first-order valence-electron chi connectivity index (χ1n) is 6.00. The van der Waals surface area contributed by atoms with Gasteiger partial charge >= 0.3 is 0 Å². The van der Waals surface area contributed by atoms with Gasteiger partial charge in [0.05, 0.1) is 23.3 Å². The molecule has 0 saturated carbocycles. The maximum absolute atomic E-state index is 13.5. The van der Waals surface area contributed by atoms with Crippen molar-refractivity contribution in [3.8, 4) is 5.82 Å². The van der Waals surface area contributed by atoms with Crippen LogP contribution in [0, 0.1) is 5.82 Å². The SMILES string of the molecule is CC(N)c1nc2ccc(F)cc2n1-c1ccnn1C. The minimum absolute atomic E-state index is 0.259. The van der Waals surface area contributed by atoms with Crippen LogP contribution < -0.4 is 5.73 Å². The Hall–Kier alpha value is -2.21. The zero-order chi connectivity index (χ0) is 13.6. The summed E-state index contributed by atoms with van der Waals surface area (Å²) < 4.78 is 17.0. The molecule has 1 unspecified atom stereocenters. The van der Waals surface area contributed by atoms with Crippen molar-refractivity contribution in [2.24, 2.45) is 12.8 Å². The first-order chi connectivity index (χ1) is 9.08. The first-order valence-corrected chi connectivity index (χ1v) is 6.00. The van der Waals surface area contributed by atoms with E-state index in [0.29, 0.717) is 11.3 Å². The van der Waals surface area contributed by atoms with Crippen molar-refractivity contribution in [3.63, 3.8) is 0 Å². The predicted octanol–water partition coefficient (Wildman–Crippen LogP) is 1.92. The zero-order valence-corrected chi connectivity index (χ0v) is 10.7. The smallest absolute Gasteiger partial charge is 0.136 e. The van der Waals surface area contributed by atoms with Gasteiger partial charge in [-0.15, -0.1) is 0 Å². The fourth-order valence-electron chi connectivity index (χ4n) is 2.20. The molecule has 0 radical (unpaired) electrons. The molecule has 2 heterocycles. The van der Waals surface area contributed by atoms with Gasteiger partial charge in [-0.05, 0) is 19.1 Å². The maximum atomic E-state index is 13.5. The minimum Gasteiger partial charge on any atom is -0.322 e. The summed E-state index contributed by atoms with van der Waals surface area (Å²) in [6.07, 6.45) is 1.69. The topological polar surface area (TPSA) is 61.7 Å². The van der Waals surface area contributed by atoms with Crippen LogP contribution in [0.2, 0.25) is 0 Å². The van der Waals surface area contributed by atoms with Gasteiger partial charge in [0.2, 0.25) is 0 Å². The maximum Gasteiger partial charge on any atom is 0.136 e. The summed E-state index contributed by atoms with van der Waals surface area (Å²) >= 11 is 0. The van der Waals surface area contributed by atoms with Crippen LogP contribution in [0.15, 0.2) is 30.5 Å². The highest BCUT2D eigenvalue weighted by atomic mass is 19.1. The highest BCUT2D eigenvalue weighted by Crippen LogP contribution is 2.24. The molecular formula is C13H14FN5. The molecule has 0 saturated heterocycles. The van der Waals surface area contributed by atoms with Crippen LogP contribution in [0.4, 0.5) is 4.39 Å². The summed E-state index contributed by atoms with van der Waals surface area (Å²) in [7, 11) is 1.82. The van der Waals surface area contributed by atoms with Gasteiger partial charge in [0, 0.05) is 19.2 Å². The fraction of sp³-hybridized carbons (Fsp3) is 0.231. The average molecular weight is 259 g/mol.